The molecule has 8 heteroatoms. The number of hydrogen-bond donors (Lipinski definition) is 1. The largest absolute Gasteiger partial charge is 0.383 e. The molecule has 1 aliphatic carbocycles. The average molecular weight is 444 g/mol. The van der Waals surface area contributed by atoms with Crippen molar-refractivity contribution in [2.24, 2.45) is 0 Å². The molecular formula is C22H25N3O3S2. The number of benzene rings is 1. The molecule has 1 amide bonds. The first-order valence-corrected chi connectivity index (χ1v) is 11.9. The van der Waals surface area contributed by atoms with Crippen LogP contribution >= 0.6 is 23.1 Å². The minimum Gasteiger partial charge on any atom is -0.383 e. The highest BCUT2D eigenvalue weighted by Gasteiger charge is 2.22. The molecule has 0 bridgehead atoms. The molecule has 4 rings (SSSR count). The van der Waals surface area contributed by atoms with Gasteiger partial charge in [0.15, 0.2) is 5.16 Å². The first kappa shape index (κ1) is 21.1. The molecule has 0 fully saturated rings. The molecule has 2 heterocycles. The van der Waals surface area contributed by atoms with Crippen LogP contribution in [0.5, 0.6) is 0 Å². The first-order chi connectivity index (χ1) is 14.6. The summed E-state index contributed by atoms with van der Waals surface area (Å²) in [5.41, 5.74) is 3.06. The fraction of sp³-hybridized carbons (Fsp3) is 0.409. The van der Waals surface area contributed by atoms with Crippen LogP contribution in [-0.4, -0.2) is 34.9 Å². The van der Waals surface area contributed by atoms with Gasteiger partial charge >= 0.3 is 0 Å². The molecule has 0 radical (unpaired) electrons. The number of rotatable bonds is 7. The number of ether oxygens (including phenoxy) is 1. The van der Waals surface area contributed by atoms with Crippen molar-refractivity contribution in [2.45, 2.75) is 44.3 Å². The molecule has 2 aromatic heterocycles. The lowest BCUT2D eigenvalue weighted by molar-refractivity contribution is -0.113. The van der Waals surface area contributed by atoms with Crippen molar-refractivity contribution in [1.82, 2.24) is 9.55 Å². The fourth-order valence-electron chi connectivity index (χ4n) is 3.67. The summed E-state index contributed by atoms with van der Waals surface area (Å²) in [7, 11) is 1.62. The molecule has 158 valence electrons. The average Bonchev–Trinajstić information content (AvgIpc) is 3.12. The monoisotopic (exact) mass is 443 g/mol. The highest BCUT2D eigenvalue weighted by atomic mass is 32.2. The first-order valence-electron chi connectivity index (χ1n) is 10.1. The van der Waals surface area contributed by atoms with E-state index in [1.54, 1.807) is 23.0 Å². The highest BCUT2D eigenvalue weighted by molar-refractivity contribution is 7.99. The van der Waals surface area contributed by atoms with Gasteiger partial charge in [-0.15, -0.1) is 11.3 Å². The maximum Gasteiger partial charge on any atom is 0.263 e. The van der Waals surface area contributed by atoms with Crippen molar-refractivity contribution >= 4 is 44.9 Å². The van der Waals surface area contributed by atoms with E-state index >= 15 is 0 Å². The highest BCUT2D eigenvalue weighted by Crippen LogP contribution is 2.34. The topological polar surface area (TPSA) is 73.2 Å². The molecule has 0 aliphatic heterocycles. The Morgan fingerprint density at radius 1 is 1.27 bits per heavy atom. The lowest BCUT2D eigenvalue weighted by Crippen LogP contribution is -2.26. The molecule has 1 aliphatic rings. The predicted molar refractivity (Wildman–Crippen MR) is 123 cm³/mol. The Hall–Kier alpha value is -2.16. The second-order valence-corrected chi connectivity index (χ2v) is 9.46. The quantitative estimate of drug-likeness (QED) is 0.441. The van der Waals surface area contributed by atoms with E-state index in [0.717, 1.165) is 40.7 Å². The molecule has 0 saturated carbocycles. The number of nitrogens with zero attached hydrogens (tertiary/aromatic N) is 2. The molecule has 3 aromatic rings. The van der Waals surface area contributed by atoms with Crippen molar-refractivity contribution in [3.63, 3.8) is 0 Å². The number of carbonyl (C=O) groups is 1. The number of thioether (sulfide) groups is 1. The van der Waals surface area contributed by atoms with E-state index in [2.05, 4.69) is 5.32 Å². The van der Waals surface area contributed by atoms with Crippen LogP contribution in [-0.2, 0) is 28.9 Å². The molecule has 6 nitrogen and oxygen atoms in total. The van der Waals surface area contributed by atoms with Crippen molar-refractivity contribution in [1.29, 1.82) is 0 Å². The molecule has 30 heavy (non-hydrogen) atoms. The van der Waals surface area contributed by atoms with Crippen LogP contribution in [0.4, 0.5) is 5.69 Å². The maximum atomic E-state index is 13.3. The van der Waals surface area contributed by atoms with E-state index in [9.17, 15) is 9.59 Å². The molecule has 0 unspecified atom stereocenters. The molecule has 0 spiro atoms. The summed E-state index contributed by atoms with van der Waals surface area (Å²) < 4.78 is 6.87. The molecule has 0 atom stereocenters. The third kappa shape index (κ3) is 4.45. The number of hydrogen-bond acceptors (Lipinski definition) is 6. The Labute approximate surface area is 183 Å². The van der Waals surface area contributed by atoms with Gasteiger partial charge in [-0.05, 0) is 50.3 Å². The van der Waals surface area contributed by atoms with E-state index in [1.807, 2.05) is 31.2 Å². The van der Waals surface area contributed by atoms with Gasteiger partial charge in [-0.2, -0.15) is 0 Å². The third-order valence-corrected chi connectivity index (χ3v) is 7.39. The molecule has 1 aromatic carbocycles. The summed E-state index contributed by atoms with van der Waals surface area (Å²) >= 11 is 2.92. The van der Waals surface area contributed by atoms with E-state index in [0.29, 0.717) is 18.3 Å². The van der Waals surface area contributed by atoms with Crippen molar-refractivity contribution in [3.05, 3.63) is 50.6 Å². The van der Waals surface area contributed by atoms with Gasteiger partial charge in [-0.25, -0.2) is 4.98 Å². The smallest absolute Gasteiger partial charge is 0.263 e. The zero-order valence-corrected chi connectivity index (χ0v) is 18.8. The molecular weight excluding hydrogens is 418 g/mol. The van der Waals surface area contributed by atoms with Crippen molar-refractivity contribution < 1.29 is 9.53 Å². The number of fused-ring (bicyclic) bond motifs is 3. The van der Waals surface area contributed by atoms with Crippen molar-refractivity contribution in [3.8, 4) is 0 Å². The number of carbonyl (C=O) groups excluding carboxylic acids is 1. The minimum absolute atomic E-state index is 0.0158. The lowest BCUT2D eigenvalue weighted by atomic mass is 9.97. The number of amides is 1. The maximum absolute atomic E-state index is 13.3. The number of methoxy groups -OCH3 is 1. The zero-order valence-electron chi connectivity index (χ0n) is 17.2. The molecule has 1 N–H and O–H groups in total. The van der Waals surface area contributed by atoms with Gasteiger partial charge in [-0.1, -0.05) is 29.5 Å². The summed E-state index contributed by atoms with van der Waals surface area (Å²) in [5, 5.41) is 4.23. The van der Waals surface area contributed by atoms with Gasteiger partial charge in [0, 0.05) is 17.7 Å². The van der Waals surface area contributed by atoms with Crippen molar-refractivity contribution in [2.75, 3.05) is 24.8 Å². The Morgan fingerprint density at radius 2 is 2.03 bits per heavy atom. The van der Waals surface area contributed by atoms with Gasteiger partial charge < -0.3 is 10.1 Å². The standard InChI is InChI=1S/C22H25N3O3S2/c1-14-7-9-15(10-8-14)23-18(26)13-29-22-24-20-19(21(27)25(22)11-12-28-2)16-5-3-4-6-17(16)30-20/h7-10H,3-6,11-13H2,1-2H3,(H,23,26). The second kappa shape index (κ2) is 9.32. The van der Waals surface area contributed by atoms with Gasteiger partial charge in [0.1, 0.15) is 4.83 Å². The predicted octanol–water partition coefficient (Wildman–Crippen LogP) is 4.02. The summed E-state index contributed by atoms with van der Waals surface area (Å²) in [6.07, 6.45) is 4.25. The van der Waals surface area contributed by atoms with E-state index in [4.69, 9.17) is 9.72 Å². The van der Waals surface area contributed by atoms with Crippen LogP contribution in [0.3, 0.4) is 0 Å². The Balaban J connectivity index is 1.59. The Bertz CT molecular complexity index is 1120. The molecule has 0 saturated heterocycles. The third-order valence-electron chi connectivity index (χ3n) is 5.23. The van der Waals surface area contributed by atoms with Gasteiger partial charge in [0.2, 0.25) is 5.91 Å². The number of aromatic nitrogens is 2. The van der Waals surface area contributed by atoms with Gasteiger partial charge in [0.25, 0.3) is 5.56 Å². The Morgan fingerprint density at radius 3 is 2.80 bits per heavy atom. The summed E-state index contributed by atoms with van der Waals surface area (Å²) in [5.74, 6) is 0.0612. The lowest BCUT2D eigenvalue weighted by Gasteiger charge is -2.13. The van der Waals surface area contributed by atoms with Crippen LogP contribution in [0.15, 0.2) is 34.2 Å². The van der Waals surface area contributed by atoms with E-state index in [1.165, 1.54) is 28.6 Å². The van der Waals surface area contributed by atoms with Gasteiger partial charge in [-0.3, -0.25) is 14.2 Å². The number of aryl methyl sites for hydroxylation is 3. The van der Waals surface area contributed by atoms with E-state index < -0.39 is 0 Å². The normalized spacial score (nSPS) is 13.4. The van der Waals surface area contributed by atoms with Crippen LogP contribution in [0, 0.1) is 6.92 Å². The van der Waals surface area contributed by atoms with Crippen LogP contribution in [0.2, 0.25) is 0 Å². The van der Waals surface area contributed by atoms with Crippen LogP contribution in [0.25, 0.3) is 10.2 Å². The number of nitrogens with one attached hydrogen (secondary N) is 1. The summed E-state index contributed by atoms with van der Waals surface area (Å²) in [6, 6.07) is 7.68. The minimum atomic E-state index is -0.123. The second-order valence-electron chi connectivity index (χ2n) is 7.44. The van der Waals surface area contributed by atoms with Gasteiger partial charge in [0.05, 0.1) is 24.3 Å². The summed E-state index contributed by atoms with van der Waals surface area (Å²) in [6.45, 7) is 2.85. The number of anilines is 1. The SMILES string of the molecule is COCCn1c(SCC(=O)Nc2ccc(C)cc2)nc2sc3c(c2c1=O)CCCC3. The Kier molecular flexibility index (Phi) is 6.55. The number of thiophene rings is 1. The zero-order chi connectivity index (χ0) is 21.1. The summed E-state index contributed by atoms with van der Waals surface area (Å²) in [4.78, 5) is 32.6. The van der Waals surface area contributed by atoms with Crippen LogP contribution < -0.4 is 10.9 Å². The fourth-order valence-corrected chi connectivity index (χ4v) is 5.80. The van der Waals surface area contributed by atoms with Crippen LogP contribution in [0.1, 0.15) is 28.8 Å². The van der Waals surface area contributed by atoms with E-state index in [-0.39, 0.29) is 17.2 Å².